The molecule has 0 fully saturated rings. The number of hydrogen-bond acceptors (Lipinski definition) is 7. The number of amides is 1. The van der Waals surface area contributed by atoms with Crippen molar-refractivity contribution in [3.8, 4) is 11.5 Å². The van der Waals surface area contributed by atoms with Crippen molar-refractivity contribution in [2.24, 2.45) is 0 Å². The zero-order valence-corrected chi connectivity index (χ0v) is 30.0. The molecule has 1 amide bonds. The minimum absolute atomic E-state index is 0.0459. The Morgan fingerprint density at radius 1 is 1.07 bits per heavy atom. The maximum absolute atomic E-state index is 12.5. The Morgan fingerprint density at radius 3 is 2.40 bits per heavy atom. The van der Waals surface area contributed by atoms with Gasteiger partial charge in [0.15, 0.2) is 26.1 Å². The Bertz CT molecular complexity index is 1210. The molecular weight excluding hydrogens is 677 g/mol. The lowest BCUT2D eigenvalue weighted by Gasteiger charge is -2.43. The highest BCUT2D eigenvalue weighted by Crippen LogP contribution is 2.42. The first-order valence-electron chi connectivity index (χ1n) is 14.8. The SMILES string of the molecule is COc1ccc(CC(OC)OC)c(I)c1O[C@@H]1C(CCNC(=O)OCc2ccccc2)=CCC[C@H]1O[Si](C)(C)C(C)(C)C. The highest BCUT2D eigenvalue weighted by atomic mass is 127. The Kier molecular flexibility index (Phi) is 13.4. The van der Waals surface area contributed by atoms with E-state index in [9.17, 15) is 4.79 Å². The van der Waals surface area contributed by atoms with Gasteiger partial charge >= 0.3 is 6.09 Å². The molecule has 8 nitrogen and oxygen atoms in total. The molecule has 2 aromatic carbocycles. The van der Waals surface area contributed by atoms with E-state index in [1.54, 1.807) is 21.3 Å². The van der Waals surface area contributed by atoms with Crippen molar-refractivity contribution in [1.29, 1.82) is 0 Å². The number of hydrogen-bond donors (Lipinski definition) is 1. The van der Waals surface area contributed by atoms with Gasteiger partial charge in [0, 0.05) is 27.2 Å². The van der Waals surface area contributed by atoms with Crippen LogP contribution in [0.25, 0.3) is 0 Å². The van der Waals surface area contributed by atoms with E-state index < -0.39 is 14.4 Å². The molecule has 0 saturated heterocycles. The van der Waals surface area contributed by atoms with Crippen molar-refractivity contribution < 1.29 is 32.9 Å². The molecule has 2 aromatic rings. The molecule has 0 aromatic heterocycles. The molecular formula is C33H48INO7Si. The van der Waals surface area contributed by atoms with Gasteiger partial charge in [-0.05, 0) is 82.8 Å². The first-order chi connectivity index (χ1) is 20.4. The second-order valence-corrected chi connectivity index (χ2v) is 18.1. The molecule has 1 N–H and O–H groups in total. The van der Waals surface area contributed by atoms with Gasteiger partial charge in [-0.1, -0.05) is 63.2 Å². The molecule has 0 bridgehead atoms. The maximum Gasteiger partial charge on any atom is 0.407 e. The predicted molar refractivity (Wildman–Crippen MR) is 180 cm³/mol. The standard InChI is InChI=1S/C33H48INO7Si/c1-33(2,3)43(7,8)42-27-16-12-15-24(19-20-35-32(36)40-22-23-13-10-9-11-14-23)30(27)41-31-26(37-4)18-17-25(29(31)34)21-28(38-5)39-6/h9-11,13-15,17-18,27-28,30H,12,16,19-22H2,1-8H3,(H,35,36)/t27-,30-/m1/s1. The molecule has 0 saturated carbocycles. The number of benzene rings is 2. The zero-order chi connectivity index (χ0) is 31.6. The van der Waals surface area contributed by atoms with Gasteiger partial charge in [0.05, 0.1) is 16.8 Å². The quantitative estimate of drug-likeness (QED) is 0.0928. The minimum Gasteiger partial charge on any atom is -0.493 e. The highest BCUT2D eigenvalue weighted by Gasteiger charge is 2.43. The van der Waals surface area contributed by atoms with Crippen LogP contribution in [-0.4, -0.2) is 60.8 Å². The molecule has 0 spiro atoms. The molecule has 238 valence electrons. The number of ether oxygens (including phenoxy) is 5. The summed E-state index contributed by atoms with van der Waals surface area (Å²) in [6.45, 7) is 11.9. The first kappa shape index (κ1) is 35.4. The largest absolute Gasteiger partial charge is 0.493 e. The number of rotatable bonds is 14. The van der Waals surface area contributed by atoms with E-state index in [4.69, 9.17) is 28.1 Å². The smallest absolute Gasteiger partial charge is 0.407 e. The van der Waals surface area contributed by atoms with Crippen LogP contribution in [0.5, 0.6) is 11.5 Å². The van der Waals surface area contributed by atoms with E-state index in [-0.39, 0.29) is 30.1 Å². The number of carbonyl (C=O) groups excluding carboxylic acids is 1. The Morgan fingerprint density at radius 2 is 1.77 bits per heavy atom. The fourth-order valence-corrected chi connectivity index (χ4v) is 6.82. The molecule has 3 rings (SSSR count). The van der Waals surface area contributed by atoms with Crippen LogP contribution < -0.4 is 14.8 Å². The minimum atomic E-state index is -2.11. The third kappa shape index (κ3) is 9.94. The summed E-state index contributed by atoms with van der Waals surface area (Å²) in [5.74, 6) is 1.32. The monoisotopic (exact) mass is 725 g/mol. The van der Waals surface area contributed by atoms with Crippen molar-refractivity contribution in [2.75, 3.05) is 27.9 Å². The van der Waals surface area contributed by atoms with E-state index in [1.807, 2.05) is 42.5 Å². The van der Waals surface area contributed by atoms with E-state index >= 15 is 0 Å². The van der Waals surface area contributed by atoms with Crippen molar-refractivity contribution in [3.63, 3.8) is 0 Å². The lowest BCUT2D eigenvalue weighted by molar-refractivity contribution is -0.100. The van der Waals surface area contributed by atoms with Crippen molar-refractivity contribution in [2.45, 2.75) is 89.7 Å². The van der Waals surface area contributed by atoms with Gasteiger partial charge in [0.1, 0.15) is 12.7 Å². The average molecular weight is 726 g/mol. The van der Waals surface area contributed by atoms with Crippen LogP contribution in [0, 0.1) is 3.57 Å². The Balaban J connectivity index is 1.83. The van der Waals surface area contributed by atoms with Crippen LogP contribution in [0.3, 0.4) is 0 Å². The lowest BCUT2D eigenvalue weighted by atomic mass is 9.91. The van der Waals surface area contributed by atoms with Gasteiger partial charge in [-0.15, -0.1) is 0 Å². The number of methoxy groups -OCH3 is 3. The molecule has 0 heterocycles. The molecule has 43 heavy (non-hydrogen) atoms. The van der Waals surface area contributed by atoms with Crippen molar-refractivity contribution in [3.05, 3.63) is 68.8 Å². The third-order valence-corrected chi connectivity index (χ3v) is 13.9. The zero-order valence-electron chi connectivity index (χ0n) is 26.8. The average Bonchev–Trinajstić information content (AvgIpc) is 2.97. The van der Waals surface area contributed by atoms with Crippen LogP contribution in [0.15, 0.2) is 54.1 Å². The van der Waals surface area contributed by atoms with Gasteiger partial charge in [-0.25, -0.2) is 4.79 Å². The summed E-state index contributed by atoms with van der Waals surface area (Å²) in [5.41, 5.74) is 3.07. The normalized spacial score (nSPS) is 17.4. The summed E-state index contributed by atoms with van der Waals surface area (Å²) in [6, 6.07) is 13.6. The molecule has 0 aliphatic heterocycles. The summed E-state index contributed by atoms with van der Waals surface area (Å²) in [7, 11) is 2.80. The number of alkyl carbamates (subject to hydrolysis) is 1. The van der Waals surface area contributed by atoms with Gasteiger partial charge in [-0.2, -0.15) is 0 Å². The number of allylic oxidation sites excluding steroid dienone is 1. The Labute approximate surface area is 272 Å². The first-order valence-corrected chi connectivity index (χ1v) is 18.8. The van der Waals surface area contributed by atoms with E-state index in [0.717, 1.165) is 33.1 Å². The van der Waals surface area contributed by atoms with E-state index in [2.05, 4.69) is 67.8 Å². The van der Waals surface area contributed by atoms with Crippen LogP contribution in [-0.2, 0) is 31.7 Å². The molecule has 0 unspecified atom stereocenters. The summed E-state index contributed by atoms with van der Waals surface area (Å²) < 4.78 is 37.0. The number of carbonyl (C=O) groups is 1. The Hall–Kier alpha value is -2.12. The second-order valence-electron chi connectivity index (χ2n) is 12.2. The second kappa shape index (κ2) is 16.3. The van der Waals surface area contributed by atoms with Gasteiger partial charge in [0.25, 0.3) is 0 Å². The number of nitrogens with one attached hydrogen (secondary N) is 1. The van der Waals surface area contributed by atoms with E-state index in [0.29, 0.717) is 30.9 Å². The van der Waals surface area contributed by atoms with Crippen molar-refractivity contribution >= 4 is 37.0 Å². The molecule has 10 heteroatoms. The number of halogens is 1. The summed E-state index contributed by atoms with van der Waals surface area (Å²) in [4.78, 5) is 12.5. The lowest BCUT2D eigenvalue weighted by Crippen LogP contribution is -2.49. The van der Waals surface area contributed by atoms with Crippen LogP contribution in [0.1, 0.15) is 51.2 Å². The maximum atomic E-state index is 12.5. The predicted octanol–water partition coefficient (Wildman–Crippen LogP) is 7.64. The fraction of sp³-hybridized carbons (Fsp3) is 0.545. The molecule has 2 atom stereocenters. The summed E-state index contributed by atoms with van der Waals surface area (Å²) in [5, 5.41) is 2.95. The van der Waals surface area contributed by atoms with Crippen LogP contribution >= 0.6 is 22.6 Å². The van der Waals surface area contributed by atoms with Crippen molar-refractivity contribution in [1.82, 2.24) is 5.32 Å². The van der Waals surface area contributed by atoms with Gasteiger partial charge < -0.3 is 33.4 Å². The highest BCUT2D eigenvalue weighted by molar-refractivity contribution is 14.1. The summed E-state index contributed by atoms with van der Waals surface area (Å²) >= 11 is 2.32. The molecule has 1 aliphatic carbocycles. The summed E-state index contributed by atoms with van der Waals surface area (Å²) in [6.07, 6.45) is 3.83. The van der Waals surface area contributed by atoms with Gasteiger partial charge in [0.2, 0.25) is 0 Å². The fourth-order valence-electron chi connectivity index (χ4n) is 4.67. The third-order valence-electron chi connectivity index (χ3n) is 8.23. The van der Waals surface area contributed by atoms with Crippen LogP contribution in [0.4, 0.5) is 4.79 Å². The van der Waals surface area contributed by atoms with Gasteiger partial charge in [-0.3, -0.25) is 0 Å². The van der Waals surface area contributed by atoms with Crippen LogP contribution in [0.2, 0.25) is 18.1 Å². The molecule has 0 radical (unpaired) electrons. The topological polar surface area (TPSA) is 84.5 Å². The molecule has 1 aliphatic rings. The van der Waals surface area contributed by atoms with E-state index in [1.165, 1.54) is 0 Å².